The Hall–Kier alpha value is -3.01. The van der Waals surface area contributed by atoms with Gasteiger partial charge in [-0.15, -0.1) is 0 Å². The predicted octanol–water partition coefficient (Wildman–Crippen LogP) is 5.75. The fourth-order valence-corrected chi connectivity index (χ4v) is 3.64. The maximum absolute atomic E-state index is 12.3. The third-order valence-corrected chi connectivity index (χ3v) is 5.18. The Kier molecular flexibility index (Phi) is 6.76. The summed E-state index contributed by atoms with van der Waals surface area (Å²) in [5.74, 6) is 1.31. The Morgan fingerprint density at radius 2 is 1.76 bits per heavy atom. The number of thioether (sulfide) groups is 1. The number of benzene rings is 2. The Labute approximate surface area is 178 Å². The minimum atomic E-state index is -0.175. The molecule has 0 aliphatic rings. The first-order valence-electron chi connectivity index (χ1n) is 8.79. The van der Waals surface area contributed by atoms with Crippen LogP contribution in [0.25, 0.3) is 0 Å². The molecule has 0 aliphatic carbocycles. The van der Waals surface area contributed by atoms with Gasteiger partial charge in [0.25, 0.3) is 0 Å². The van der Waals surface area contributed by atoms with E-state index < -0.39 is 0 Å². The van der Waals surface area contributed by atoms with E-state index in [0.29, 0.717) is 32.8 Å². The molecule has 0 spiro atoms. The number of hydrogen-bond acceptors (Lipinski definition) is 5. The molecule has 0 radical (unpaired) electrons. The van der Waals surface area contributed by atoms with E-state index in [-0.39, 0.29) is 11.7 Å². The second kappa shape index (κ2) is 9.46. The number of aromatic nitrogens is 1. The van der Waals surface area contributed by atoms with Crippen LogP contribution in [0.4, 0.5) is 5.69 Å². The number of carbonyl (C=O) groups is 1. The van der Waals surface area contributed by atoms with Crippen LogP contribution in [0.2, 0.25) is 5.02 Å². The van der Waals surface area contributed by atoms with Gasteiger partial charge in [-0.1, -0.05) is 23.4 Å². The number of carbonyl (C=O) groups excluding carboxylic acids is 1. The quantitative estimate of drug-likeness (QED) is 0.511. The normalized spacial score (nSPS) is 10.3. The maximum Gasteiger partial charge on any atom is 0.234 e. The predicted molar refractivity (Wildman–Crippen MR) is 116 cm³/mol. The largest absolute Gasteiger partial charge is 0.457 e. The average Bonchev–Trinajstić information content (AvgIpc) is 2.69. The molecule has 0 aliphatic heterocycles. The number of ether oxygens (including phenoxy) is 1. The number of nitriles is 1. The number of amides is 1. The molecule has 1 N–H and O–H groups in total. The van der Waals surface area contributed by atoms with Gasteiger partial charge in [0, 0.05) is 16.4 Å². The van der Waals surface area contributed by atoms with Crippen LogP contribution in [0.15, 0.2) is 59.6 Å². The molecule has 0 saturated carbocycles. The molecular formula is C22H18ClN3O2S. The third-order valence-electron chi connectivity index (χ3n) is 3.95. The van der Waals surface area contributed by atoms with E-state index >= 15 is 0 Å². The van der Waals surface area contributed by atoms with Gasteiger partial charge in [0.05, 0.1) is 11.3 Å². The van der Waals surface area contributed by atoms with Gasteiger partial charge >= 0.3 is 0 Å². The molecule has 0 unspecified atom stereocenters. The van der Waals surface area contributed by atoms with Gasteiger partial charge in [-0.3, -0.25) is 4.79 Å². The lowest BCUT2D eigenvalue weighted by Crippen LogP contribution is -2.14. The van der Waals surface area contributed by atoms with Gasteiger partial charge in [-0.25, -0.2) is 4.98 Å². The van der Waals surface area contributed by atoms with E-state index in [1.54, 1.807) is 48.5 Å². The van der Waals surface area contributed by atoms with Gasteiger partial charge in [0.2, 0.25) is 5.91 Å². The molecule has 0 atom stereocenters. The molecule has 1 heterocycles. The smallest absolute Gasteiger partial charge is 0.234 e. The van der Waals surface area contributed by atoms with E-state index in [9.17, 15) is 10.1 Å². The van der Waals surface area contributed by atoms with Crippen molar-refractivity contribution in [1.29, 1.82) is 5.26 Å². The molecule has 1 aromatic heterocycles. The Bertz CT molecular complexity index is 1060. The number of anilines is 1. The molecule has 3 aromatic rings. The highest BCUT2D eigenvalue weighted by Crippen LogP contribution is 2.26. The summed E-state index contributed by atoms with van der Waals surface area (Å²) in [6.07, 6.45) is 0. The highest BCUT2D eigenvalue weighted by Gasteiger charge is 2.12. The molecule has 0 fully saturated rings. The third kappa shape index (κ3) is 5.74. The van der Waals surface area contributed by atoms with Gasteiger partial charge in [0.1, 0.15) is 22.6 Å². The molecule has 29 heavy (non-hydrogen) atoms. The fraction of sp³-hybridized carbons (Fsp3) is 0.136. The first kappa shape index (κ1) is 20.7. The SMILES string of the molecule is Cc1cc(C)c(C#N)c(SCC(=O)Nc2ccc(Oc3ccc(Cl)cc3)cc2)n1. The van der Waals surface area contributed by atoms with Crippen molar-refractivity contribution in [2.45, 2.75) is 18.9 Å². The number of rotatable bonds is 6. The van der Waals surface area contributed by atoms with Crippen molar-refractivity contribution in [3.63, 3.8) is 0 Å². The highest BCUT2D eigenvalue weighted by molar-refractivity contribution is 8.00. The Morgan fingerprint density at radius 3 is 2.38 bits per heavy atom. The highest BCUT2D eigenvalue weighted by atomic mass is 35.5. The van der Waals surface area contributed by atoms with Crippen LogP contribution in [0, 0.1) is 25.2 Å². The number of hydrogen-bond donors (Lipinski definition) is 1. The van der Waals surface area contributed by atoms with Gasteiger partial charge in [-0.2, -0.15) is 5.26 Å². The molecule has 0 bridgehead atoms. The van der Waals surface area contributed by atoms with Crippen molar-refractivity contribution in [2.75, 3.05) is 11.1 Å². The molecule has 146 valence electrons. The van der Waals surface area contributed by atoms with Crippen molar-refractivity contribution >= 4 is 35.0 Å². The van der Waals surface area contributed by atoms with Crippen LogP contribution in [0.3, 0.4) is 0 Å². The molecule has 5 nitrogen and oxygen atoms in total. The number of halogens is 1. The van der Waals surface area contributed by atoms with Crippen molar-refractivity contribution in [3.05, 3.63) is 76.4 Å². The fourth-order valence-electron chi connectivity index (χ4n) is 2.62. The van der Waals surface area contributed by atoms with Gasteiger partial charge in [-0.05, 0) is 74.0 Å². The van der Waals surface area contributed by atoms with Crippen molar-refractivity contribution < 1.29 is 9.53 Å². The lowest BCUT2D eigenvalue weighted by atomic mass is 10.1. The molecule has 7 heteroatoms. The maximum atomic E-state index is 12.3. The first-order chi connectivity index (χ1) is 13.9. The van der Waals surface area contributed by atoms with E-state index in [2.05, 4.69) is 16.4 Å². The summed E-state index contributed by atoms with van der Waals surface area (Å²) in [7, 11) is 0. The number of nitrogens with one attached hydrogen (secondary N) is 1. The lowest BCUT2D eigenvalue weighted by Gasteiger charge is -2.09. The van der Waals surface area contributed by atoms with E-state index in [1.807, 2.05) is 19.9 Å². The summed E-state index contributed by atoms with van der Waals surface area (Å²) in [6, 6.07) is 18.2. The number of aryl methyl sites for hydroxylation is 2. The van der Waals surface area contributed by atoms with Crippen LogP contribution in [0.1, 0.15) is 16.8 Å². The summed E-state index contributed by atoms with van der Waals surface area (Å²) in [6.45, 7) is 3.73. The Balaban J connectivity index is 1.57. The van der Waals surface area contributed by atoms with Gasteiger partial charge < -0.3 is 10.1 Å². The minimum absolute atomic E-state index is 0.160. The van der Waals surface area contributed by atoms with E-state index in [1.165, 1.54) is 11.8 Å². The van der Waals surface area contributed by atoms with Crippen LogP contribution < -0.4 is 10.1 Å². The molecular weight excluding hydrogens is 406 g/mol. The molecule has 1 amide bonds. The lowest BCUT2D eigenvalue weighted by molar-refractivity contribution is -0.113. The van der Waals surface area contributed by atoms with Crippen molar-refractivity contribution in [2.24, 2.45) is 0 Å². The number of pyridine rings is 1. The number of nitrogens with zero attached hydrogens (tertiary/aromatic N) is 2. The minimum Gasteiger partial charge on any atom is -0.457 e. The van der Waals surface area contributed by atoms with Crippen LogP contribution >= 0.6 is 23.4 Å². The summed E-state index contributed by atoms with van der Waals surface area (Å²) < 4.78 is 5.73. The standard InChI is InChI=1S/C22H18ClN3O2S/c1-14-11-15(2)25-22(20(14)12-24)29-13-21(27)26-17-5-9-19(10-6-17)28-18-7-3-16(23)4-8-18/h3-11H,13H2,1-2H3,(H,26,27). The average molecular weight is 424 g/mol. The van der Waals surface area contributed by atoms with Crippen molar-refractivity contribution in [1.82, 2.24) is 4.98 Å². The second-order valence-electron chi connectivity index (χ2n) is 6.29. The first-order valence-corrected chi connectivity index (χ1v) is 10.2. The molecule has 0 saturated heterocycles. The van der Waals surface area contributed by atoms with E-state index in [0.717, 1.165) is 11.3 Å². The second-order valence-corrected chi connectivity index (χ2v) is 7.69. The van der Waals surface area contributed by atoms with Crippen LogP contribution in [-0.2, 0) is 4.79 Å². The van der Waals surface area contributed by atoms with Crippen molar-refractivity contribution in [3.8, 4) is 17.6 Å². The van der Waals surface area contributed by atoms with E-state index in [4.69, 9.17) is 16.3 Å². The summed E-state index contributed by atoms with van der Waals surface area (Å²) in [4.78, 5) is 16.7. The summed E-state index contributed by atoms with van der Waals surface area (Å²) in [5.41, 5.74) is 2.85. The van der Waals surface area contributed by atoms with Gasteiger partial charge in [0.15, 0.2) is 0 Å². The zero-order valence-electron chi connectivity index (χ0n) is 15.9. The topological polar surface area (TPSA) is 75.0 Å². The zero-order chi connectivity index (χ0) is 20.8. The molecule has 2 aromatic carbocycles. The molecule has 3 rings (SSSR count). The zero-order valence-corrected chi connectivity index (χ0v) is 17.5. The van der Waals surface area contributed by atoms with Crippen LogP contribution in [0.5, 0.6) is 11.5 Å². The monoisotopic (exact) mass is 423 g/mol. The summed E-state index contributed by atoms with van der Waals surface area (Å²) >= 11 is 7.12. The van der Waals surface area contributed by atoms with Crippen LogP contribution in [-0.4, -0.2) is 16.6 Å². The Morgan fingerprint density at radius 1 is 1.14 bits per heavy atom. The summed E-state index contributed by atoms with van der Waals surface area (Å²) in [5, 5.41) is 13.4.